The van der Waals surface area contributed by atoms with E-state index < -0.39 is 0 Å². The average Bonchev–Trinajstić information content (AvgIpc) is 2.79. The van der Waals surface area contributed by atoms with Gasteiger partial charge in [-0.25, -0.2) is 0 Å². The molecule has 3 aromatic rings. The molecule has 0 fully saturated rings. The van der Waals surface area contributed by atoms with E-state index in [4.69, 9.17) is 27.9 Å². The molecule has 1 unspecified atom stereocenters. The van der Waals surface area contributed by atoms with Gasteiger partial charge in [0, 0.05) is 21.2 Å². The van der Waals surface area contributed by atoms with Crippen molar-refractivity contribution >= 4 is 34.3 Å². The zero-order chi connectivity index (χ0) is 20.7. The summed E-state index contributed by atoms with van der Waals surface area (Å²) in [7, 11) is 1.68. The second-order valence-corrected chi connectivity index (χ2v) is 8.31. The Morgan fingerprint density at radius 1 is 0.800 bits per heavy atom. The van der Waals surface area contributed by atoms with E-state index in [2.05, 4.69) is 48.5 Å². The van der Waals surface area contributed by atoms with Crippen molar-refractivity contribution in [3.63, 3.8) is 0 Å². The van der Waals surface area contributed by atoms with Gasteiger partial charge in [-0.1, -0.05) is 83.9 Å². The van der Waals surface area contributed by atoms with Crippen molar-refractivity contribution in [3.8, 4) is 5.75 Å². The highest BCUT2D eigenvalue weighted by molar-refractivity contribution is 6.33. The van der Waals surface area contributed by atoms with Crippen molar-refractivity contribution in [1.29, 1.82) is 0 Å². The Balaban J connectivity index is 1.96. The first kappa shape index (κ1) is 19.2. The number of benzene rings is 3. The molecule has 2 aliphatic rings. The Morgan fingerprint density at radius 3 is 2.30 bits per heavy atom. The minimum absolute atomic E-state index is 0.138. The highest BCUT2D eigenvalue weighted by Crippen LogP contribution is 2.43. The van der Waals surface area contributed by atoms with Gasteiger partial charge in [-0.15, -0.1) is 0 Å². The second-order valence-electron chi connectivity index (χ2n) is 7.50. The van der Waals surface area contributed by atoms with Crippen molar-refractivity contribution in [2.75, 3.05) is 7.11 Å². The van der Waals surface area contributed by atoms with E-state index in [0.717, 1.165) is 43.8 Å². The molecule has 3 heteroatoms. The predicted octanol–water partition coefficient (Wildman–Crippen LogP) is 5.83. The SMILES string of the molecule is COc1ccc(C2=c3c(Cl)cccc3=C(c3ccccc3)C3=C(Cl)C=CCC32)cc1. The Morgan fingerprint density at radius 2 is 1.57 bits per heavy atom. The molecule has 5 rings (SSSR count). The third kappa shape index (κ3) is 3.10. The van der Waals surface area contributed by atoms with Crippen LogP contribution < -0.4 is 15.2 Å². The van der Waals surface area contributed by atoms with Crippen LogP contribution in [0.25, 0.3) is 11.1 Å². The minimum Gasteiger partial charge on any atom is -0.497 e. The molecule has 0 saturated carbocycles. The highest BCUT2D eigenvalue weighted by atomic mass is 35.5. The number of halogens is 2. The van der Waals surface area contributed by atoms with Crippen LogP contribution in [0.15, 0.2) is 95.6 Å². The van der Waals surface area contributed by atoms with E-state index in [0.29, 0.717) is 0 Å². The summed E-state index contributed by atoms with van der Waals surface area (Å²) in [6.07, 6.45) is 5.07. The molecular weight excluding hydrogens is 411 g/mol. The summed E-state index contributed by atoms with van der Waals surface area (Å²) in [5, 5.41) is 3.77. The molecule has 0 spiro atoms. The first-order valence-corrected chi connectivity index (χ1v) is 10.7. The number of ether oxygens (including phenoxy) is 1. The summed E-state index contributed by atoms with van der Waals surface area (Å²) in [4.78, 5) is 0. The molecule has 0 bridgehead atoms. The lowest BCUT2D eigenvalue weighted by molar-refractivity contribution is 0.415. The van der Waals surface area contributed by atoms with Crippen LogP contribution in [0.2, 0.25) is 5.02 Å². The van der Waals surface area contributed by atoms with E-state index in [1.54, 1.807) is 7.11 Å². The van der Waals surface area contributed by atoms with Crippen LogP contribution in [-0.2, 0) is 0 Å². The molecule has 30 heavy (non-hydrogen) atoms. The highest BCUT2D eigenvalue weighted by Gasteiger charge is 2.32. The van der Waals surface area contributed by atoms with Crippen LogP contribution in [0, 0.1) is 5.92 Å². The summed E-state index contributed by atoms with van der Waals surface area (Å²) in [5.74, 6) is 0.974. The fourth-order valence-electron chi connectivity index (χ4n) is 4.59. The van der Waals surface area contributed by atoms with Gasteiger partial charge in [-0.05, 0) is 63.8 Å². The molecule has 0 N–H and O–H groups in total. The molecule has 0 heterocycles. The van der Waals surface area contributed by atoms with E-state index >= 15 is 0 Å². The van der Waals surface area contributed by atoms with Crippen LogP contribution >= 0.6 is 23.2 Å². The van der Waals surface area contributed by atoms with Crippen molar-refractivity contribution in [3.05, 3.63) is 122 Å². The van der Waals surface area contributed by atoms with Gasteiger partial charge in [0.15, 0.2) is 0 Å². The van der Waals surface area contributed by atoms with Gasteiger partial charge in [0.25, 0.3) is 0 Å². The normalized spacial score (nSPS) is 17.6. The third-order valence-corrected chi connectivity index (χ3v) is 6.52. The second kappa shape index (κ2) is 7.83. The lowest BCUT2D eigenvalue weighted by Crippen LogP contribution is -2.39. The number of methoxy groups -OCH3 is 1. The fraction of sp³-hybridized carbons (Fsp3) is 0.111. The maximum absolute atomic E-state index is 6.85. The molecule has 0 radical (unpaired) electrons. The standard InChI is InChI=1S/C27H20Cl2O/c1-30-19-15-13-18(14-16-19)25-21-10-6-11-22(28)26(21)24(17-7-3-2-4-8-17)20-9-5-12-23(29)27(20)25/h2-9,11-16,21H,10H2,1H3. The molecule has 0 aliphatic heterocycles. The minimum atomic E-state index is 0.138. The van der Waals surface area contributed by atoms with Gasteiger partial charge in [-0.3, -0.25) is 0 Å². The lowest BCUT2D eigenvalue weighted by atomic mass is 9.72. The summed E-state index contributed by atoms with van der Waals surface area (Å²) in [6, 6.07) is 24.8. The van der Waals surface area contributed by atoms with Crippen LogP contribution in [-0.4, -0.2) is 7.11 Å². The van der Waals surface area contributed by atoms with Crippen LogP contribution in [0.4, 0.5) is 0 Å². The molecule has 148 valence electrons. The third-order valence-electron chi connectivity index (χ3n) is 5.88. The molecule has 3 aromatic carbocycles. The lowest BCUT2D eigenvalue weighted by Gasteiger charge is -2.32. The van der Waals surface area contributed by atoms with Gasteiger partial charge < -0.3 is 4.74 Å². The van der Waals surface area contributed by atoms with Gasteiger partial charge in [0.2, 0.25) is 0 Å². The summed E-state index contributed by atoms with van der Waals surface area (Å²) >= 11 is 13.7. The fourth-order valence-corrected chi connectivity index (χ4v) is 5.19. The number of rotatable bonds is 3. The van der Waals surface area contributed by atoms with Gasteiger partial charge in [-0.2, -0.15) is 0 Å². The van der Waals surface area contributed by atoms with E-state index in [1.807, 2.05) is 36.4 Å². The molecule has 0 aromatic heterocycles. The quantitative estimate of drug-likeness (QED) is 0.507. The zero-order valence-electron chi connectivity index (χ0n) is 16.5. The van der Waals surface area contributed by atoms with Gasteiger partial charge in [0.1, 0.15) is 5.75 Å². The topological polar surface area (TPSA) is 9.23 Å². The average molecular weight is 431 g/mol. The van der Waals surface area contributed by atoms with Gasteiger partial charge >= 0.3 is 0 Å². The molecule has 1 nitrogen and oxygen atoms in total. The Hall–Kier alpha value is -2.74. The van der Waals surface area contributed by atoms with Crippen molar-refractivity contribution in [2.45, 2.75) is 6.42 Å². The number of hydrogen-bond acceptors (Lipinski definition) is 1. The first-order chi connectivity index (χ1) is 14.7. The number of allylic oxidation sites excluding steroid dienone is 4. The molecule has 2 aliphatic carbocycles. The van der Waals surface area contributed by atoms with Crippen LogP contribution in [0.3, 0.4) is 0 Å². The molecule has 0 amide bonds. The predicted molar refractivity (Wildman–Crippen MR) is 125 cm³/mol. The summed E-state index contributed by atoms with van der Waals surface area (Å²) in [6.45, 7) is 0. The van der Waals surface area contributed by atoms with Crippen LogP contribution in [0.5, 0.6) is 5.75 Å². The van der Waals surface area contributed by atoms with E-state index in [-0.39, 0.29) is 5.92 Å². The van der Waals surface area contributed by atoms with Gasteiger partial charge in [0.05, 0.1) is 7.11 Å². The van der Waals surface area contributed by atoms with Crippen molar-refractivity contribution in [1.82, 2.24) is 0 Å². The van der Waals surface area contributed by atoms with Crippen LogP contribution in [0.1, 0.15) is 17.5 Å². The Bertz CT molecular complexity index is 1300. The first-order valence-electron chi connectivity index (χ1n) is 9.98. The van der Waals surface area contributed by atoms with Crippen molar-refractivity contribution in [2.24, 2.45) is 5.92 Å². The maximum Gasteiger partial charge on any atom is 0.118 e. The Kier molecular flexibility index (Phi) is 5.02. The number of fused-ring (bicyclic) bond motifs is 2. The monoisotopic (exact) mass is 430 g/mol. The largest absolute Gasteiger partial charge is 0.497 e. The zero-order valence-corrected chi connectivity index (χ0v) is 18.0. The summed E-state index contributed by atoms with van der Waals surface area (Å²) in [5.41, 5.74) is 5.86. The van der Waals surface area contributed by atoms with E-state index in [9.17, 15) is 0 Å². The molecular formula is C27H20Cl2O. The Labute approximate surface area is 186 Å². The molecule has 1 atom stereocenters. The van der Waals surface area contributed by atoms with Crippen molar-refractivity contribution < 1.29 is 4.74 Å². The summed E-state index contributed by atoms with van der Waals surface area (Å²) < 4.78 is 5.37. The smallest absolute Gasteiger partial charge is 0.118 e. The molecule has 0 saturated heterocycles. The van der Waals surface area contributed by atoms with E-state index in [1.165, 1.54) is 16.7 Å². The maximum atomic E-state index is 6.85. The number of hydrogen-bond donors (Lipinski definition) is 0.